The second-order valence-corrected chi connectivity index (χ2v) is 5.29. The van der Waals surface area contributed by atoms with E-state index < -0.39 is 24.5 Å². The Morgan fingerprint density at radius 2 is 1.36 bits per heavy atom. The van der Waals surface area contributed by atoms with E-state index in [1.54, 1.807) is 55.5 Å². The summed E-state index contributed by atoms with van der Waals surface area (Å²) in [6, 6.07) is 13.1. The second kappa shape index (κ2) is 8.63. The molecule has 25 heavy (non-hydrogen) atoms. The van der Waals surface area contributed by atoms with Crippen molar-refractivity contribution >= 4 is 23.5 Å². The van der Waals surface area contributed by atoms with Gasteiger partial charge in [-0.25, -0.2) is 9.59 Å². The molecule has 0 spiro atoms. The molecule has 0 saturated heterocycles. The van der Waals surface area contributed by atoms with E-state index in [1.807, 2.05) is 6.92 Å². The number of carbonyl (C=O) groups excluding carboxylic acids is 3. The molecule has 0 aliphatic rings. The van der Waals surface area contributed by atoms with Crippen molar-refractivity contribution < 1.29 is 23.9 Å². The van der Waals surface area contributed by atoms with Crippen molar-refractivity contribution in [2.75, 3.05) is 18.5 Å². The van der Waals surface area contributed by atoms with Gasteiger partial charge < -0.3 is 14.8 Å². The van der Waals surface area contributed by atoms with Gasteiger partial charge in [-0.1, -0.05) is 17.7 Å². The maximum Gasteiger partial charge on any atom is 0.338 e. The minimum Gasteiger partial charge on any atom is -0.462 e. The molecule has 2 aromatic rings. The zero-order valence-electron chi connectivity index (χ0n) is 14.1. The molecule has 0 unspecified atom stereocenters. The molecule has 1 amide bonds. The van der Waals surface area contributed by atoms with Crippen LogP contribution in [0.25, 0.3) is 0 Å². The Morgan fingerprint density at radius 1 is 0.840 bits per heavy atom. The number of rotatable bonds is 6. The molecular formula is C19H19NO5. The fraction of sp³-hybridized carbons (Fsp3) is 0.211. The van der Waals surface area contributed by atoms with E-state index in [0.717, 1.165) is 5.56 Å². The number of benzene rings is 2. The van der Waals surface area contributed by atoms with Crippen LogP contribution in [0, 0.1) is 6.92 Å². The van der Waals surface area contributed by atoms with Gasteiger partial charge in [0.15, 0.2) is 6.61 Å². The van der Waals surface area contributed by atoms with Gasteiger partial charge in [-0.2, -0.15) is 0 Å². The van der Waals surface area contributed by atoms with Crippen LogP contribution in [0.3, 0.4) is 0 Å². The summed E-state index contributed by atoms with van der Waals surface area (Å²) in [7, 11) is 0. The molecular weight excluding hydrogens is 322 g/mol. The lowest BCUT2D eigenvalue weighted by molar-refractivity contribution is -0.119. The SMILES string of the molecule is CCOC(=O)c1ccc(NC(=O)COC(=O)c2ccc(C)cc2)cc1. The molecule has 2 aromatic carbocycles. The summed E-state index contributed by atoms with van der Waals surface area (Å²) >= 11 is 0. The molecule has 0 heterocycles. The lowest BCUT2D eigenvalue weighted by atomic mass is 10.1. The minimum atomic E-state index is -0.562. The Kier molecular flexibility index (Phi) is 6.28. The van der Waals surface area contributed by atoms with Crippen molar-refractivity contribution in [1.29, 1.82) is 0 Å². The number of ether oxygens (including phenoxy) is 2. The van der Waals surface area contributed by atoms with Gasteiger partial charge in [0.25, 0.3) is 5.91 Å². The first kappa shape index (κ1) is 18.2. The van der Waals surface area contributed by atoms with Crippen LogP contribution < -0.4 is 5.32 Å². The summed E-state index contributed by atoms with van der Waals surface area (Å²) in [6.07, 6.45) is 0. The number of hydrogen-bond donors (Lipinski definition) is 1. The third-order valence-corrected chi connectivity index (χ3v) is 3.30. The van der Waals surface area contributed by atoms with Gasteiger partial charge in [0.1, 0.15) is 0 Å². The highest BCUT2D eigenvalue weighted by atomic mass is 16.5. The van der Waals surface area contributed by atoms with Crippen molar-refractivity contribution in [2.45, 2.75) is 13.8 Å². The molecule has 0 aliphatic heterocycles. The van der Waals surface area contributed by atoms with Crippen molar-refractivity contribution in [3.8, 4) is 0 Å². The zero-order valence-corrected chi connectivity index (χ0v) is 14.1. The Hall–Kier alpha value is -3.15. The van der Waals surface area contributed by atoms with Gasteiger partial charge in [0.2, 0.25) is 0 Å². The van der Waals surface area contributed by atoms with E-state index >= 15 is 0 Å². The van der Waals surface area contributed by atoms with E-state index in [2.05, 4.69) is 5.32 Å². The minimum absolute atomic E-state index is 0.295. The van der Waals surface area contributed by atoms with Crippen molar-refractivity contribution in [3.63, 3.8) is 0 Å². The number of esters is 2. The molecule has 2 rings (SSSR count). The molecule has 0 aliphatic carbocycles. The molecule has 0 fully saturated rings. The predicted molar refractivity (Wildman–Crippen MR) is 92.5 cm³/mol. The molecule has 1 N–H and O–H groups in total. The Balaban J connectivity index is 1.84. The third kappa shape index (κ3) is 5.46. The van der Waals surface area contributed by atoms with Gasteiger partial charge in [-0.05, 0) is 50.2 Å². The van der Waals surface area contributed by atoms with Crippen LogP contribution in [0.2, 0.25) is 0 Å². The van der Waals surface area contributed by atoms with Crippen LogP contribution >= 0.6 is 0 Å². The summed E-state index contributed by atoms with van der Waals surface area (Å²) in [5.74, 6) is -1.45. The highest BCUT2D eigenvalue weighted by molar-refractivity contribution is 5.96. The van der Waals surface area contributed by atoms with Gasteiger partial charge in [-0.3, -0.25) is 4.79 Å². The van der Waals surface area contributed by atoms with Crippen LogP contribution in [0.1, 0.15) is 33.2 Å². The monoisotopic (exact) mass is 341 g/mol. The molecule has 0 aromatic heterocycles. The summed E-state index contributed by atoms with van der Waals surface area (Å²) in [4.78, 5) is 35.2. The standard InChI is InChI=1S/C19H19NO5/c1-3-24-18(22)15-8-10-16(11-9-15)20-17(21)12-25-19(23)14-6-4-13(2)5-7-14/h4-11H,3,12H2,1-2H3,(H,20,21). The van der Waals surface area contributed by atoms with E-state index in [4.69, 9.17) is 9.47 Å². The molecule has 6 nitrogen and oxygen atoms in total. The molecule has 0 atom stereocenters. The fourth-order valence-corrected chi connectivity index (χ4v) is 2.01. The topological polar surface area (TPSA) is 81.7 Å². The average molecular weight is 341 g/mol. The Labute approximate surface area is 145 Å². The van der Waals surface area contributed by atoms with Crippen LogP contribution in [-0.4, -0.2) is 31.1 Å². The normalized spacial score (nSPS) is 10.0. The summed E-state index contributed by atoms with van der Waals surface area (Å²) in [6.45, 7) is 3.54. The fourth-order valence-electron chi connectivity index (χ4n) is 2.01. The van der Waals surface area contributed by atoms with E-state index in [-0.39, 0.29) is 0 Å². The van der Waals surface area contributed by atoms with Gasteiger partial charge in [-0.15, -0.1) is 0 Å². The van der Waals surface area contributed by atoms with E-state index in [0.29, 0.717) is 23.4 Å². The second-order valence-electron chi connectivity index (χ2n) is 5.29. The van der Waals surface area contributed by atoms with Crippen molar-refractivity contribution in [1.82, 2.24) is 0 Å². The number of carbonyl (C=O) groups is 3. The van der Waals surface area contributed by atoms with Crippen molar-refractivity contribution in [2.24, 2.45) is 0 Å². The molecule has 6 heteroatoms. The number of amides is 1. The summed E-state index contributed by atoms with van der Waals surface area (Å²) in [5.41, 5.74) is 2.30. The molecule has 0 radical (unpaired) electrons. The lowest BCUT2D eigenvalue weighted by Gasteiger charge is -2.08. The highest BCUT2D eigenvalue weighted by Gasteiger charge is 2.11. The number of anilines is 1. The first-order chi connectivity index (χ1) is 12.0. The summed E-state index contributed by atoms with van der Waals surface area (Å²) < 4.78 is 9.85. The van der Waals surface area contributed by atoms with Gasteiger partial charge in [0.05, 0.1) is 17.7 Å². The van der Waals surface area contributed by atoms with Crippen molar-refractivity contribution in [3.05, 3.63) is 65.2 Å². The maximum atomic E-state index is 11.8. The molecule has 130 valence electrons. The zero-order chi connectivity index (χ0) is 18.2. The molecule has 0 bridgehead atoms. The Bertz CT molecular complexity index is 750. The predicted octanol–water partition coefficient (Wildman–Crippen LogP) is 2.97. The summed E-state index contributed by atoms with van der Waals surface area (Å²) in [5, 5.41) is 2.59. The van der Waals surface area contributed by atoms with Crippen LogP contribution in [-0.2, 0) is 14.3 Å². The Morgan fingerprint density at radius 3 is 1.92 bits per heavy atom. The quantitative estimate of drug-likeness (QED) is 0.817. The van der Waals surface area contributed by atoms with Crippen LogP contribution in [0.5, 0.6) is 0 Å². The number of hydrogen-bond acceptors (Lipinski definition) is 5. The molecule has 0 saturated carbocycles. The third-order valence-electron chi connectivity index (χ3n) is 3.30. The van der Waals surface area contributed by atoms with Crippen LogP contribution in [0.4, 0.5) is 5.69 Å². The number of nitrogens with one attached hydrogen (secondary N) is 1. The first-order valence-corrected chi connectivity index (χ1v) is 7.80. The lowest BCUT2D eigenvalue weighted by Crippen LogP contribution is -2.21. The van der Waals surface area contributed by atoms with Gasteiger partial charge in [0, 0.05) is 5.69 Å². The maximum absolute atomic E-state index is 11.8. The van der Waals surface area contributed by atoms with E-state index in [1.165, 1.54) is 0 Å². The average Bonchev–Trinajstić information content (AvgIpc) is 2.61. The number of aryl methyl sites for hydroxylation is 1. The first-order valence-electron chi connectivity index (χ1n) is 7.80. The smallest absolute Gasteiger partial charge is 0.338 e. The van der Waals surface area contributed by atoms with Crippen LogP contribution in [0.15, 0.2) is 48.5 Å². The largest absolute Gasteiger partial charge is 0.462 e. The van der Waals surface area contributed by atoms with Gasteiger partial charge >= 0.3 is 11.9 Å². The van der Waals surface area contributed by atoms with E-state index in [9.17, 15) is 14.4 Å². The highest BCUT2D eigenvalue weighted by Crippen LogP contribution is 2.11.